The molecule has 1 aromatic heterocycles. The Kier molecular flexibility index (Phi) is 5.48. The zero-order valence-electron chi connectivity index (χ0n) is 15.3. The van der Waals surface area contributed by atoms with Gasteiger partial charge in [-0.25, -0.2) is 0 Å². The Bertz CT molecular complexity index is 1140. The Balaban J connectivity index is 2.27. The highest BCUT2D eigenvalue weighted by atomic mass is 79.9. The molecule has 6 heteroatoms. The third-order valence-corrected chi connectivity index (χ3v) is 5.28. The molecular formula is C22H17BrN2O3. The van der Waals surface area contributed by atoms with Crippen LogP contribution in [-0.2, 0) is 0 Å². The lowest BCUT2D eigenvalue weighted by atomic mass is 9.96. The number of aromatic hydroxyl groups is 1. The molecule has 1 heterocycles. The van der Waals surface area contributed by atoms with Crippen molar-refractivity contribution in [2.45, 2.75) is 19.9 Å². The first-order chi connectivity index (χ1) is 13.4. The van der Waals surface area contributed by atoms with Crippen LogP contribution in [-0.4, -0.2) is 15.5 Å². The van der Waals surface area contributed by atoms with Gasteiger partial charge in [-0.2, -0.15) is 5.26 Å². The van der Waals surface area contributed by atoms with Gasteiger partial charge in [0.1, 0.15) is 11.6 Å². The number of hydrogen-bond acceptors (Lipinski definition) is 4. The highest BCUT2D eigenvalue weighted by molar-refractivity contribution is 9.10. The van der Waals surface area contributed by atoms with Crippen molar-refractivity contribution in [3.05, 3.63) is 97.2 Å². The van der Waals surface area contributed by atoms with E-state index >= 15 is 0 Å². The van der Waals surface area contributed by atoms with E-state index in [0.717, 1.165) is 14.6 Å². The SMILES string of the molecule is Cc1c(C(=O)c2ccc(Br)cc2)c(O)n(C(C)c2ccccc2)c(=O)c1C#N. The van der Waals surface area contributed by atoms with Gasteiger partial charge in [0.2, 0.25) is 5.88 Å². The summed E-state index contributed by atoms with van der Waals surface area (Å²) in [5.74, 6) is -0.890. The van der Waals surface area contributed by atoms with Gasteiger partial charge in [0.15, 0.2) is 5.78 Å². The predicted molar refractivity (Wildman–Crippen MR) is 110 cm³/mol. The van der Waals surface area contributed by atoms with Gasteiger partial charge in [0.05, 0.1) is 11.6 Å². The molecule has 0 spiro atoms. The lowest BCUT2D eigenvalue weighted by Crippen LogP contribution is -2.29. The minimum absolute atomic E-state index is 0.0405. The lowest BCUT2D eigenvalue weighted by Gasteiger charge is -2.21. The number of carbonyl (C=O) groups excluding carboxylic acids is 1. The molecule has 0 fully saturated rings. The second kappa shape index (κ2) is 7.83. The van der Waals surface area contributed by atoms with E-state index in [-0.39, 0.29) is 16.7 Å². The molecule has 0 aliphatic heterocycles. The summed E-state index contributed by atoms with van der Waals surface area (Å²) in [6, 6.07) is 17.1. The zero-order chi connectivity index (χ0) is 20.4. The molecule has 1 N–H and O–H groups in total. The fourth-order valence-corrected chi connectivity index (χ4v) is 3.44. The summed E-state index contributed by atoms with van der Waals surface area (Å²) >= 11 is 3.32. The van der Waals surface area contributed by atoms with E-state index in [1.807, 2.05) is 36.4 Å². The number of ketones is 1. The van der Waals surface area contributed by atoms with Gasteiger partial charge in [0.25, 0.3) is 5.56 Å². The zero-order valence-corrected chi connectivity index (χ0v) is 16.9. The third kappa shape index (κ3) is 3.37. The van der Waals surface area contributed by atoms with E-state index in [0.29, 0.717) is 5.56 Å². The van der Waals surface area contributed by atoms with Crippen molar-refractivity contribution in [2.24, 2.45) is 0 Å². The number of pyridine rings is 1. The number of rotatable bonds is 4. The molecule has 0 aliphatic rings. The van der Waals surface area contributed by atoms with Crippen molar-refractivity contribution in [1.29, 1.82) is 5.26 Å². The highest BCUT2D eigenvalue weighted by Gasteiger charge is 2.27. The fraction of sp³-hybridized carbons (Fsp3) is 0.136. The molecule has 2 aromatic carbocycles. The van der Waals surface area contributed by atoms with E-state index < -0.39 is 23.3 Å². The number of hydrogen-bond donors (Lipinski definition) is 1. The topological polar surface area (TPSA) is 83.1 Å². The molecule has 3 aromatic rings. The number of nitrogens with zero attached hydrogens (tertiary/aromatic N) is 2. The normalized spacial score (nSPS) is 11.6. The highest BCUT2D eigenvalue weighted by Crippen LogP contribution is 2.29. The Morgan fingerprint density at radius 1 is 1.14 bits per heavy atom. The van der Waals surface area contributed by atoms with Crippen molar-refractivity contribution in [1.82, 2.24) is 4.57 Å². The summed E-state index contributed by atoms with van der Waals surface area (Å²) < 4.78 is 1.91. The van der Waals surface area contributed by atoms with E-state index in [1.165, 1.54) is 6.92 Å². The molecule has 1 unspecified atom stereocenters. The predicted octanol–water partition coefficient (Wildman–Crippen LogP) is 4.34. The van der Waals surface area contributed by atoms with Crippen LogP contribution in [0.2, 0.25) is 0 Å². The van der Waals surface area contributed by atoms with Gasteiger partial charge in [-0.15, -0.1) is 0 Å². The average Bonchev–Trinajstić information content (AvgIpc) is 2.69. The Morgan fingerprint density at radius 3 is 2.32 bits per heavy atom. The van der Waals surface area contributed by atoms with Gasteiger partial charge >= 0.3 is 0 Å². The molecule has 28 heavy (non-hydrogen) atoms. The van der Waals surface area contributed by atoms with Gasteiger partial charge in [-0.05, 0) is 49.2 Å². The molecule has 0 saturated heterocycles. The number of nitriles is 1. The minimum Gasteiger partial charge on any atom is -0.494 e. The van der Waals surface area contributed by atoms with E-state index in [1.54, 1.807) is 31.2 Å². The first-order valence-corrected chi connectivity index (χ1v) is 9.39. The van der Waals surface area contributed by atoms with Crippen molar-refractivity contribution in [3.8, 4) is 11.9 Å². The van der Waals surface area contributed by atoms with Crippen LogP contribution in [0.4, 0.5) is 0 Å². The maximum absolute atomic E-state index is 13.1. The Hall–Kier alpha value is -3.17. The van der Waals surface area contributed by atoms with Crippen molar-refractivity contribution in [3.63, 3.8) is 0 Å². The number of benzene rings is 2. The summed E-state index contributed by atoms with van der Waals surface area (Å²) in [5, 5.41) is 20.4. The minimum atomic E-state index is -0.624. The van der Waals surface area contributed by atoms with Gasteiger partial charge in [-0.3, -0.25) is 14.2 Å². The molecular weight excluding hydrogens is 420 g/mol. The number of carbonyl (C=O) groups is 1. The summed E-state index contributed by atoms with van der Waals surface area (Å²) in [5.41, 5.74) is 0.482. The Labute approximate surface area is 170 Å². The fourth-order valence-electron chi connectivity index (χ4n) is 3.18. The maximum atomic E-state index is 13.1. The molecule has 0 radical (unpaired) electrons. The maximum Gasteiger partial charge on any atom is 0.272 e. The molecule has 5 nitrogen and oxygen atoms in total. The molecule has 1 atom stereocenters. The molecule has 140 valence electrons. The van der Waals surface area contributed by atoms with Crippen LogP contribution < -0.4 is 5.56 Å². The van der Waals surface area contributed by atoms with Crippen molar-refractivity contribution in [2.75, 3.05) is 0 Å². The second-order valence-electron chi connectivity index (χ2n) is 6.41. The first-order valence-electron chi connectivity index (χ1n) is 8.60. The van der Waals surface area contributed by atoms with E-state index in [4.69, 9.17) is 0 Å². The molecule has 0 saturated carbocycles. The Morgan fingerprint density at radius 2 is 1.75 bits per heavy atom. The van der Waals surface area contributed by atoms with Crippen molar-refractivity contribution < 1.29 is 9.90 Å². The summed E-state index contributed by atoms with van der Waals surface area (Å²) in [7, 11) is 0. The van der Waals surface area contributed by atoms with E-state index in [9.17, 15) is 20.0 Å². The van der Waals surface area contributed by atoms with Gasteiger partial charge in [0, 0.05) is 10.0 Å². The summed E-state index contributed by atoms with van der Waals surface area (Å²) in [6.45, 7) is 3.24. The second-order valence-corrected chi connectivity index (χ2v) is 7.32. The van der Waals surface area contributed by atoms with Crippen molar-refractivity contribution >= 4 is 21.7 Å². The summed E-state index contributed by atoms with van der Waals surface area (Å²) in [6.07, 6.45) is 0. The monoisotopic (exact) mass is 436 g/mol. The van der Waals surface area contributed by atoms with Crippen LogP contribution in [0.15, 0.2) is 63.9 Å². The largest absolute Gasteiger partial charge is 0.494 e. The van der Waals surface area contributed by atoms with Gasteiger partial charge in [-0.1, -0.05) is 46.3 Å². The number of halogens is 1. The van der Waals surface area contributed by atoms with Crippen LogP contribution in [0.1, 0.15) is 45.6 Å². The molecule has 3 rings (SSSR count). The van der Waals surface area contributed by atoms with Crippen LogP contribution in [0, 0.1) is 18.3 Å². The third-order valence-electron chi connectivity index (χ3n) is 4.75. The lowest BCUT2D eigenvalue weighted by molar-refractivity contribution is 0.103. The molecule has 0 amide bonds. The standard InChI is InChI=1S/C22H17BrN2O3/c1-13-18(12-24)21(27)25(14(2)15-6-4-3-5-7-15)22(28)19(13)20(26)16-8-10-17(23)11-9-16/h3-11,14,28H,1-2H3. The van der Waals surface area contributed by atoms with Crippen LogP contribution >= 0.6 is 15.9 Å². The van der Waals surface area contributed by atoms with Crippen LogP contribution in [0.5, 0.6) is 5.88 Å². The van der Waals surface area contributed by atoms with Crippen LogP contribution in [0.25, 0.3) is 0 Å². The number of aromatic nitrogens is 1. The molecule has 0 bridgehead atoms. The van der Waals surface area contributed by atoms with Crippen LogP contribution in [0.3, 0.4) is 0 Å². The molecule has 0 aliphatic carbocycles. The first kappa shape index (κ1) is 19.6. The summed E-state index contributed by atoms with van der Waals surface area (Å²) in [4.78, 5) is 26.0. The smallest absolute Gasteiger partial charge is 0.272 e. The quantitative estimate of drug-likeness (QED) is 0.616. The van der Waals surface area contributed by atoms with E-state index in [2.05, 4.69) is 15.9 Å². The van der Waals surface area contributed by atoms with Gasteiger partial charge < -0.3 is 5.11 Å². The average molecular weight is 437 g/mol.